The van der Waals surface area contributed by atoms with Crippen LogP contribution in [0.2, 0.25) is 0 Å². The molecule has 4 heterocycles. The monoisotopic (exact) mass is 1640 g/mol. The number of aliphatic hydroxyl groups excluding tert-OH is 9. The van der Waals surface area contributed by atoms with E-state index in [-0.39, 0.29) is 91.4 Å². The highest BCUT2D eigenvalue weighted by atomic mass is 31.2. The van der Waals surface area contributed by atoms with Crippen LogP contribution in [-0.4, -0.2) is 281 Å². The highest BCUT2D eigenvalue weighted by Gasteiger charge is 2.47. The highest BCUT2D eigenvalue weighted by molar-refractivity contribution is 7.52. The lowest BCUT2D eigenvalue weighted by atomic mass is 9.92. The third kappa shape index (κ3) is 36.4. The van der Waals surface area contributed by atoms with Crippen molar-refractivity contribution >= 4 is 44.6 Å². The largest absolute Gasteiger partial charge is 0.778 e. The van der Waals surface area contributed by atoms with Gasteiger partial charge in [-0.1, -0.05) is 66.2 Å². The van der Waals surface area contributed by atoms with Gasteiger partial charge < -0.3 is 164 Å². The van der Waals surface area contributed by atoms with Crippen LogP contribution in [0.15, 0.2) is 0 Å². The van der Waals surface area contributed by atoms with E-state index in [0.717, 1.165) is 0 Å². The van der Waals surface area contributed by atoms with Gasteiger partial charge in [-0.2, -0.15) is 0 Å². The van der Waals surface area contributed by atoms with Gasteiger partial charge in [-0.3, -0.25) is 23.0 Å². The van der Waals surface area contributed by atoms with Gasteiger partial charge in [-0.25, -0.2) is 0 Å². The van der Waals surface area contributed by atoms with Crippen LogP contribution in [0.4, 0.5) is 0 Å². The molecule has 4 fully saturated rings. The summed E-state index contributed by atoms with van der Waals surface area (Å²) in [5, 5.41) is 92.5. The zero-order valence-electron chi connectivity index (χ0n) is 61.3. The second kappa shape index (κ2) is 50.0. The molecule has 0 spiro atoms. The van der Waals surface area contributed by atoms with Crippen molar-refractivity contribution in [2.75, 3.05) is 125 Å². The Morgan fingerprint density at radius 2 is 0.840 bits per heavy atom. The molecule has 1 amide bonds. The van der Waals surface area contributed by atoms with Gasteiger partial charge in [0, 0.05) is 70.0 Å². The summed E-state index contributed by atoms with van der Waals surface area (Å²) in [6.45, 7) is 2.19. The molecular formula is C62H117NO38P5-5. The van der Waals surface area contributed by atoms with Crippen molar-refractivity contribution in [2.45, 2.75) is 248 Å². The van der Waals surface area contributed by atoms with Gasteiger partial charge in [0.15, 0.2) is 25.7 Å². The Morgan fingerprint density at radius 3 is 1.25 bits per heavy atom. The van der Waals surface area contributed by atoms with E-state index in [1.807, 2.05) is 0 Å². The fourth-order valence-corrected chi connectivity index (χ4v) is 15.6. The normalized spacial score (nSPS) is 31.5. The fourth-order valence-electron chi connectivity index (χ4n) is 11.4. The molecule has 0 aromatic rings. The molecule has 0 aromatic heterocycles. The topological polar surface area (TPSA) is 578 Å². The van der Waals surface area contributed by atoms with Crippen LogP contribution < -0.4 is 29.8 Å². The van der Waals surface area contributed by atoms with Gasteiger partial charge in [0.1, 0.15) is 64.0 Å². The number of nitrogens with one attached hydrogen (secondary N) is 1. The van der Waals surface area contributed by atoms with Gasteiger partial charge in [0.05, 0.1) is 115 Å². The van der Waals surface area contributed by atoms with E-state index in [1.165, 1.54) is 20.8 Å². The summed E-state index contributed by atoms with van der Waals surface area (Å²) in [5.41, 5.74) is -2.60. The average molecular weight is 1640 g/mol. The first kappa shape index (κ1) is 97.7. The Hall–Kier alpha value is -0.660. The number of phosphoric acid groups is 3. The van der Waals surface area contributed by atoms with Crippen LogP contribution in [0.25, 0.3) is 0 Å². The lowest BCUT2D eigenvalue weighted by Crippen LogP contribution is -2.64. The summed E-state index contributed by atoms with van der Waals surface area (Å²) < 4.78 is 163. The third-order valence-electron chi connectivity index (χ3n) is 17.8. The number of aliphatic hydroxyl groups is 9. The first-order valence-electron chi connectivity index (χ1n) is 36.1. The van der Waals surface area contributed by atoms with Gasteiger partial charge in [0.25, 0.3) is 23.5 Å². The van der Waals surface area contributed by atoms with Gasteiger partial charge >= 0.3 is 0 Å². The molecule has 39 nitrogen and oxygen atoms in total. The van der Waals surface area contributed by atoms with Crippen LogP contribution in [0.1, 0.15) is 144 Å². The number of carbonyl (C=O) groups excluding carboxylic acids is 1. The first-order chi connectivity index (χ1) is 50.0. The van der Waals surface area contributed by atoms with Crippen molar-refractivity contribution in [2.24, 2.45) is 17.3 Å². The second-order valence-corrected chi connectivity index (χ2v) is 35.7. The van der Waals surface area contributed by atoms with Crippen LogP contribution in [-0.2, 0) is 111 Å². The van der Waals surface area contributed by atoms with Crippen molar-refractivity contribution in [1.29, 1.82) is 0 Å². The van der Waals surface area contributed by atoms with E-state index in [9.17, 15) is 98.0 Å². The summed E-state index contributed by atoms with van der Waals surface area (Å²) >= 11 is 0. The molecule has 0 saturated carbocycles. The molecule has 24 atom stereocenters. The molecule has 0 aromatic carbocycles. The smallest absolute Gasteiger partial charge is 0.269 e. The molecule has 12 unspecified atom stereocenters. The van der Waals surface area contributed by atoms with Crippen molar-refractivity contribution in [3.63, 3.8) is 0 Å². The summed E-state index contributed by atoms with van der Waals surface area (Å²) in [6.07, 6.45) is -12.0. The molecular weight excluding hydrogens is 1520 g/mol. The standard InChI is InChI=1S/C62H122NO38P5/c1-42(2)103(76,77)101-48-33-43(3)97-47(48)21-32-102(74,75)95-40-62(39-86-41-96-106(82,83)92-29-18-11-8-14-25-88-60-45(5)54(69)56(71)50(35-65)99-60,37-84-22-19-30-93-104(78,79)90-27-16-10-7-13-24-87-59-44(4)53(68)55(70)49(34-64)98-59)38-85-23-20-31-94-105(80,81)91-28-17-12-9-15-26-89-61-52(63-46(6)67)58(73)57(72)51(36-66)100-61/h42-45,47-61,64-66,68-73H,7-41H2,1-6H3,(H,63,67)(H,74,75)(H,76,77)(H,78,79)(H,80,81)(H,82,83)/p-5/t43-,44?,45?,47+,48-,49?,50?,51?,52?,53+,54+,55-,56-,57-,58+,59+,60+,61+,62?/m0/s1. The number of hydrogen-bond acceptors (Lipinski definition) is 38. The fraction of sp³-hybridized carbons (Fsp3) is 0.984. The van der Waals surface area contributed by atoms with Crippen molar-refractivity contribution < 1.29 is 182 Å². The Kier molecular flexibility index (Phi) is 46.1. The maximum absolute atomic E-state index is 13.8. The summed E-state index contributed by atoms with van der Waals surface area (Å²) in [6, 6.07) is -1.12. The first-order valence-corrected chi connectivity index (χ1v) is 43.9. The molecule has 4 aliphatic rings. The van der Waals surface area contributed by atoms with Crippen LogP contribution >= 0.6 is 38.7 Å². The van der Waals surface area contributed by atoms with Crippen LogP contribution in [0.3, 0.4) is 0 Å². The maximum atomic E-state index is 13.8. The number of ether oxygens (including phenoxy) is 10. The Balaban J connectivity index is 1.35. The Labute approximate surface area is 619 Å². The van der Waals surface area contributed by atoms with E-state index >= 15 is 0 Å². The van der Waals surface area contributed by atoms with E-state index in [0.29, 0.717) is 64.2 Å². The summed E-state index contributed by atoms with van der Waals surface area (Å²) in [7, 11) is -24.1. The predicted octanol–water partition coefficient (Wildman–Crippen LogP) is -0.426. The van der Waals surface area contributed by atoms with Crippen molar-refractivity contribution in [1.82, 2.24) is 5.32 Å². The number of unbranched alkanes of at least 4 members (excludes halogenated alkanes) is 9. The predicted molar refractivity (Wildman–Crippen MR) is 360 cm³/mol. The molecule has 0 aliphatic carbocycles. The quantitative estimate of drug-likeness (QED) is 0.0210. The van der Waals surface area contributed by atoms with Crippen molar-refractivity contribution in [3.8, 4) is 0 Å². The zero-order chi connectivity index (χ0) is 78.7. The van der Waals surface area contributed by atoms with Gasteiger partial charge in [-0.15, -0.1) is 0 Å². The third-order valence-corrected chi connectivity index (χ3v) is 23.8. The minimum absolute atomic E-state index is 0.0774. The number of amides is 1. The Bertz CT molecular complexity index is 2670. The minimum atomic E-state index is -5.06. The molecule has 44 heteroatoms. The Morgan fingerprint density at radius 1 is 0.462 bits per heavy atom. The van der Waals surface area contributed by atoms with E-state index in [4.69, 9.17) is 83.6 Å². The highest BCUT2D eigenvalue weighted by Crippen LogP contribution is 2.49. The maximum Gasteiger partial charge on any atom is 0.269 e. The lowest BCUT2D eigenvalue weighted by Gasteiger charge is -2.42. The number of hydrogen-bond donors (Lipinski definition) is 10. The number of carbonyl (C=O) groups is 1. The van der Waals surface area contributed by atoms with Crippen LogP contribution in [0.5, 0.6) is 0 Å². The van der Waals surface area contributed by atoms with E-state index < -0.39 is 238 Å². The lowest BCUT2D eigenvalue weighted by molar-refractivity contribution is -0.282. The van der Waals surface area contributed by atoms with Gasteiger partial charge in [0.2, 0.25) is 5.91 Å². The second-order valence-electron chi connectivity index (χ2n) is 27.2. The molecule has 10 N–H and O–H groups in total. The van der Waals surface area contributed by atoms with E-state index in [2.05, 4.69) is 5.32 Å². The number of rotatable bonds is 59. The molecule has 4 rings (SSSR count). The van der Waals surface area contributed by atoms with Crippen molar-refractivity contribution in [3.05, 3.63) is 0 Å². The molecule has 0 radical (unpaired) electrons. The van der Waals surface area contributed by atoms with Gasteiger partial charge in [-0.05, 0) is 64.7 Å². The zero-order valence-corrected chi connectivity index (χ0v) is 65.8. The molecule has 4 saturated heterocycles. The molecule has 628 valence electrons. The summed E-state index contributed by atoms with van der Waals surface area (Å²) in [5.74, 6) is -1.67. The average Bonchev–Trinajstić information content (AvgIpc) is 0.937. The molecule has 106 heavy (non-hydrogen) atoms. The van der Waals surface area contributed by atoms with E-state index in [1.54, 1.807) is 20.8 Å². The molecule has 0 bridgehead atoms. The van der Waals surface area contributed by atoms with Crippen LogP contribution in [0, 0.1) is 17.3 Å². The SMILES string of the molecule is CC(=O)NC1[C@H](OCCCCCCOP(=O)([O-])OCCCOCC(COCCCOP(=O)([O-])OCCCCCCO[C@@H]2OC(CO)[C@H](O)[C@H](O)C2C)(COCOP(=O)([O-])OCCCCCCO[C@@H]2OC(CO)[C@H](O)[C@H](O)C2C)COP(=O)([O-])CC[C@H]2O[C@@H](C)C[C@@H]2OP(=O)([O-])C(C)C)OC(CO)[C@H](O)[C@@H]1O. The number of phosphoric ester groups is 3. The molecule has 4 aliphatic heterocycles. The summed E-state index contributed by atoms with van der Waals surface area (Å²) in [4.78, 5) is 76.7. The minimum Gasteiger partial charge on any atom is -0.778 e.